The van der Waals surface area contributed by atoms with Crippen LogP contribution in [-0.2, 0) is 9.47 Å². The molecule has 0 aliphatic carbocycles. The lowest BCUT2D eigenvalue weighted by molar-refractivity contribution is -0.325. The van der Waals surface area contributed by atoms with Crippen LogP contribution in [0.3, 0.4) is 0 Å². The third kappa shape index (κ3) is 4.29. The second kappa shape index (κ2) is 8.29. The molecule has 0 spiro atoms. The number of hydrogen-bond donors (Lipinski definition) is 8. The van der Waals surface area contributed by atoms with E-state index in [2.05, 4.69) is 0 Å². The van der Waals surface area contributed by atoms with Crippen molar-refractivity contribution in [2.24, 2.45) is 0 Å². The van der Waals surface area contributed by atoms with Crippen molar-refractivity contribution >= 4 is 0 Å². The highest BCUT2D eigenvalue weighted by atomic mass is 16.7. The summed E-state index contributed by atoms with van der Waals surface area (Å²) in [6.07, 6.45) is -12.5. The van der Waals surface area contributed by atoms with Gasteiger partial charge in [0.05, 0.1) is 19.8 Å². The molecule has 8 N–H and O–H groups in total. The van der Waals surface area contributed by atoms with Crippen LogP contribution in [0.5, 0.6) is 0 Å². The van der Waals surface area contributed by atoms with Gasteiger partial charge in [0.25, 0.3) is 0 Å². The molecule has 21 heavy (non-hydrogen) atoms. The highest BCUT2D eigenvalue weighted by Crippen LogP contribution is 2.24. The summed E-state index contributed by atoms with van der Waals surface area (Å²) in [5, 5.41) is 74.8. The van der Waals surface area contributed by atoms with Gasteiger partial charge in [-0.25, -0.2) is 0 Å². The van der Waals surface area contributed by atoms with E-state index in [9.17, 15) is 25.5 Å². The molecule has 8 atom stereocenters. The molecule has 0 aromatic heterocycles. The van der Waals surface area contributed by atoms with Crippen molar-refractivity contribution in [1.82, 2.24) is 0 Å². The molecule has 1 rings (SSSR count). The Morgan fingerprint density at radius 1 is 0.857 bits per heavy atom. The van der Waals surface area contributed by atoms with Gasteiger partial charge < -0.3 is 50.3 Å². The monoisotopic (exact) mass is 314 g/mol. The molecule has 0 aromatic carbocycles. The smallest absolute Gasteiger partial charge is 0.187 e. The topological polar surface area (TPSA) is 180 Å². The van der Waals surface area contributed by atoms with E-state index in [0.717, 1.165) is 0 Å². The van der Waals surface area contributed by atoms with Crippen molar-refractivity contribution in [3.05, 3.63) is 0 Å². The molecule has 10 nitrogen and oxygen atoms in total. The van der Waals surface area contributed by atoms with E-state index in [-0.39, 0.29) is 0 Å². The Kier molecular flexibility index (Phi) is 7.36. The van der Waals surface area contributed by atoms with Crippen LogP contribution in [0.1, 0.15) is 0 Å². The summed E-state index contributed by atoms with van der Waals surface area (Å²) in [5.41, 5.74) is 0. The van der Waals surface area contributed by atoms with Gasteiger partial charge in [-0.3, -0.25) is 0 Å². The zero-order valence-corrected chi connectivity index (χ0v) is 11.1. The Balaban J connectivity index is 2.81. The lowest BCUT2D eigenvalue weighted by Gasteiger charge is -2.41. The molecule has 0 aromatic rings. The van der Waals surface area contributed by atoms with E-state index >= 15 is 0 Å². The maximum atomic E-state index is 9.75. The van der Waals surface area contributed by atoms with Crippen LogP contribution in [0.25, 0.3) is 0 Å². The normalized spacial score (nSPS) is 38.0. The van der Waals surface area contributed by atoms with E-state index < -0.39 is 68.8 Å². The van der Waals surface area contributed by atoms with Crippen LogP contribution in [0.4, 0.5) is 0 Å². The van der Waals surface area contributed by atoms with E-state index in [1.165, 1.54) is 0 Å². The van der Waals surface area contributed by atoms with Gasteiger partial charge in [-0.15, -0.1) is 0 Å². The summed E-state index contributed by atoms with van der Waals surface area (Å²) in [4.78, 5) is 0. The fourth-order valence-electron chi connectivity index (χ4n) is 1.98. The van der Waals surface area contributed by atoms with Gasteiger partial charge >= 0.3 is 0 Å². The van der Waals surface area contributed by atoms with Crippen LogP contribution < -0.4 is 0 Å². The molecule has 0 bridgehead atoms. The first-order chi connectivity index (χ1) is 9.87. The van der Waals surface area contributed by atoms with E-state index in [1.807, 2.05) is 0 Å². The van der Waals surface area contributed by atoms with Gasteiger partial charge in [-0.1, -0.05) is 0 Å². The van der Waals surface area contributed by atoms with E-state index in [1.54, 1.807) is 0 Å². The molecule has 1 heterocycles. The fraction of sp³-hybridized carbons (Fsp3) is 1.00. The standard InChI is InChI=1S/C11H22O10/c12-1-4(15)10(5(16)2-13)21-11-9(19)8(18)7(17)6(3-14)20-11/h4-19H,1-3H2/t4-,5+,6-,7-,8+,9-,10+,11-/m1/s1. The highest BCUT2D eigenvalue weighted by molar-refractivity contribution is 4.90. The predicted octanol–water partition coefficient (Wildman–Crippen LogP) is -5.12. The van der Waals surface area contributed by atoms with Gasteiger partial charge in [0, 0.05) is 0 Å². The van der Waals surface area contributed by atoms with Crippen molar-refractivity contribution in [2.75, 3.05) is 19.8 Å². The summed E-state index contributed by atoms with van der Waals surface area (Å²) in [6.45, 7) is -2.25. The van der Waals surface area contributed by atoms with Crippen molar-refractivity contribution in [3.8, 4) is 0 Å². The van der Waals surface area contributed by atoms with Gasteiger partial charge in [-0.05, 0) is 0 Å². The SMILES string of the molecule is OC[C@@H](O)[C@H](O[C@H]1O[C@H](CO)[C@@H](O)[C@H](O)[C@H]1O)[C@@H](O)CO. The Morgan fingerprint density at radius 2 is 1.38 bits per heavy atom. The molecule has 126 valence electrons. The van der Waals surface area contributed by atoms with E-state index in [0.29, 0.717) is 0 Å². The molecule has 0 radical (unpaired) electrons. The Labute approximate surface area is 120 Å². The zero-order chi connectivity index (χ0) is 16.2. The molecular formula is C11H22O10. The first kappa shape index (κ1) is 18.6. The van der Waals surface area contributed by atoms with Crippen LogP contribution in [0.2, 0.25) is 0 Å². The predicted molar refractivity (Wildman–Crippen MR) is 64.8 cm³/mol. The molecule has 1 saturated heterocycles. The summed E-state index contributed by atoms with van der Waals surface area (Å²) in [5.74, 6) is 0. The summed E-state index contributed by atoms with van der Waals surface area (Å²) >= 11 is 0. The van der Waals surface area contributed by atoms with Crippen LogP contribution in [0, 0.1) is 0 Å². The van der Waals surface area contributed by atoms with Crippen molar-refractivity contribution < 1.29 is 50.3 Å². The molecular weight excluding hydrogens is 292 g/mol. The van der Waals surface area contributed by atoms with Gasteiger partial charge in [0.15, 0.2) is 6.29 Å². The number of hydrogen-bond acceptors (Lipinski definition) is 10. The minimum Gasteiger partial charge on any atom is -0.394 e. The maximum Gasteiger partial charge on any atom is 0.187 e. The summed E-state index contributed by atoms with van der Waals surface area (Å²) in [7, 11) is 0. The lowest BCUT2D eigenvalue weighted by atomic mass is 9.99. The Bertz CT molecular complexity index is 291. The first-order valence-electron chi connectivity index (χ1n) is 6.41. The lowest BCUT2D eigenvalue weighted by Crippen LogP contribution is -2.61. The molecule has 0 amide bonds. The largest absolute Gasteiger partial charge is 0.394 e. The van der Waals surface area contributed by atoms with Gasteiger partial charge in [0.1, 0.15) is 42.7 Å². The minimum absolute atomic E-state index is 0.666. The fourth-order valence-corrected chi connectivity index (χ4v) is 1.98. The number of ether oxygens (including phenoxy) is 2. The van der Waals surface area contributed by atoms with Crippen molar-refractivity contribution in [2.45, 2.75) is 49.0 Å². The zero-order valence-electron chi connectivity index (χ0n) is 11.1. The van der Waals surface area contributed by atoms with Gasteiger partial charge in [-0.2, -0.15) is 0 Å². The van der Waals surface area contributed by atoms with E-state index in [4.69, 9.17) is 24.8 Å². The average molecular weight is 314 g/mol. The summed E-state index contributed by atoms with van der Waals surface area (Å²) in [6, 6.07) is 0. The van der Waals surface area contributed by atoms with Gasteiger partial charge in [0.2, 0.25) is 0 Å². The van der Waals surface area contributed by atoms with Crippen LogP contribution >= 0.6 is 0 Å². The quantitative estimate of drug-likeness (QED) is 0.226. The maximum absolute atomic E-state index is 9.75. The average Bonchev–Trinajstić information content (AvgIpc) is 2.50. The third-order valence-electron chi connectivity index (χ3n) is 3.27. The first-order valence-corrected chi connectivity index (χ1v) is 6.41. The molecule has 10 heteroatoms. The van der Waals surface area contributed by atoms with Crippen molar-refractivity contribution in [3.63, 3.8) is 0 Å². The van der Waals surface area contributed by atoms with Crippen LogP contribution in [0.15, 0.2) is 0 Å². The molecule has 0 saturated carbocycles. The second-order valence-corrected chi connectivity index (χ2v) is 4.80. The second-order valence-electron chi connectivity index (χ2n) is 4.80. The van der Waals surface area contributed by atoms with Crippen LogP contribution in [-0.4, -0.2) is 110 Å². The number of aliphatic hydroxyl groups is 8. The minimum atomic E-state index is -1.72. The highest BCUT2D eigenvalue weighted by Gasteiger charge is 2.46. The molecule has 0 unspecified atom stereocenters. The number of rotatable bonds is 7. The summed E-state index contributed by atoms with van der Waals surface area (Å²) < 4.78 is 10.1. The third-order valence-corrected chi connectivity index (χ3v) is 3.27. The molecule has 1 aliphatic heterocycles. The molecule has 1 fully saturated rings. The number of aliphatic hydroxyl groups excluding tert-OH is 8. The Hall–Kier alpha value is -0.400. The Morgan fingerprint density at radius 3 is 1.81 bits per heavy atom. The van der Waals surface area contributed by atoms with Crippen molar-refractivity contribution in [1.29, 1.82) is 0 Å². The molecule has 1 aliphatic rings.